The molecule has 0 aromatic rings. The van der Waals surface area contributed by atoms with Crippen molar-refractivity contribution >= 4 is 136 Å². The topological polar surface area (TPSA) is 880 Å². The van der Waals surface area contributed by atoms with Crippen LogP contribution in [-0.2, 0) is 105 Å². The Morgan fingerprint density at radius 1 is 0.285 bits per heavy atom. The molecule has 35 N–H and O–H groups in total. The fourth-order valence-corrected chi connectivity index (χ4v) is 12.6. The predicted molar refractivity (Wildman–Crippen MR) is 460 cm³/mol. The third-order valence-electron chi connectivity index (χ3n) is 20.4. The number of aliphatic imine (C=N–C) groups is 1. The molecule has 0 aliphatic heterocycles. The number of nitrogens with zero attached hydrogens (tertiary/aromatic N) is 1. The smallest absolute Gasteiger partial charge is 0.326 e. The summed E-state index contributed by atoms with van der Waals surface area (Å²) in [5, 5.41) is 100. The maximum atomic E-state index is 14.7. The number of nitrogens with one attached hydrogen (secondary N) is 14. The van der Waals surface area contributed by atoms with E-state index in [4.69, 9.17) is 45.2 Å². The molecule has 0 fully saturated rings. The van der Waals surface area contributed by atoms with E-state index in [2.05, 4.69) is 79.4 Å². The first-order valence-electron chi connectivity index (χ1n) is 43.0. The lowest BCUT2D eigenvalue weighted by Gasteiger charge is -2.31. The van der Waals surface area contributed by atoms with Crippen LogP contribution in [0.2, 0.25) is 0 Å². The molecule has 736 valence electrons. The standard InChI is InChI=1S/C79H136N22O29/c1-8-40(5)62(76(127)88-42(7)64(115)89-47(21-27-56(103)104)68(119)91-44(18-11-14-34-81)66(117)94-50(24-30-59(109)110)70(121)97-52(78(129)130)26-32-61(113)114)101-77(128)63(41(6)9-2)100-73(124)45(19-12-15-35-82)92-69(120)49(23-29-58(107)108)96-74(125)53(37-39(3)4)98-72(123)51(25-31-60(111)112)95-67(118)46(20-16-36-87-79(85)86)93-75(126)54(38-55(84)102)99-71(122)48(22-28-57(105)106)90-65(116)43(83)17-10-13-33-80/h39-54,62-63H,8-38,80-83H2,1-7H3,(H2,84,102)(H,88,127)(H,89,115)(H,90,116)(H,91,119)(H,92,120)(H,93,126)(H,94,117)(H,95,118)(H,96,125)(H,97,121)(H,98,123)(H,99,122)(H,100,124)(H,101,128)(H,103,104)(H,105,106)(H,107,108)(H,109,110)(H,111,112)(H,113,114)(H,129,130)(H4,85,86,87)/t40-,41-,42-,43-,44-,45-,46-,47-,48-,49-,50-,51-,52-,53-,54-,62-,63-/m0/s1. The van der Waals surface area contributed by atoms with E-state index in [1.165, 1.54) is 0 Å². The molecule has 0 rings (SSSR count). The number of carbonyl (C=O) groups excluding carboxylic acids is 15. The molecule has 0 aromatic carbocycles. The van der Waals surface area contributed by atoms with Crippen LogP contribution in [0.4, 0.5) is 0 Å². The average Bonchev–Trinajstić information content (AvgIpc) is 0.842. The number of hydrogen-bond donors (Lipinski definition) is 28. The van der Waals surface area contributed by atoms with E-state index >= 15 is 0 Å². The van der Waals surface area contributed by atoms with Crippen LogP contribution in [-0.4, -0.2) is 289 Å². The molecule has 0 saturated carbocycles. The number of carbonyl (C=O) groups is 22. The SMILES string of the molecule is CC[C@H](C)[C@H](NC(=O)[C@H](CCCCN)NC(=O)[C@H](CCC(=O)O)NC(=O)[C@H](CC(C)C)NC(=O)[C@H](CCC(=O)O)NC(=O)[C@H](CCCN=C(N)N)NC(=O)[C@H](CC(N)=O)NC(=O)[C@H](CCC(=O)O)NC(=O)[C@@H](N)CCCCN)C(=O)N[C@H](C(=O)N[C@@H](C)C(=O)N[C@@H](CCC(=O)O)C(=O)N[C@@H](CCCCN)C(=O)N[C@@H](CCC(=O)O)C(=O)N[C@@H](CCC(=O)O)C(=O)O)[C@@H](C)CC. The van der Waals surface area contributed by atoms with Gasteiger partial charge in [-0.05, 0) is 153 Å². The van der Waals surface area contributed by atoms with Crippen LogP contribution in [0.1, 0.15) is 222 Å². The van der Waals surface area contributed by atoms with Crippen LogP contribution in [0.25, 0.3) is 0 Å². The van der Waals surface area contributed by atoms with Crippen LogP contribution < -0.4 is 115 Å². The van der Waals surface area contributed by atoms with Gasteiger partial charge in [-0.15, -0.1) is 0 Å². The van der Waals surface area contributed by atoms with Crippen LogP contribution in [0.15, 0.2) is 4.99 Å². The zero-order valence-electron chi connectivity index (χ0n) is 74.4. The van der Waals surface area contributed by atoms with Gasteiger partial charge in [-0.25, -0.2) is 4.79 Å². The van der Waals surface area contributed by atoms with Gasteiger partial charge < -0.3 is 150 Å². The minimum Gasteiger partial charge on any atom is -0.481 e. The monoisotopic (exact) mass is 1860 g/mol. The first-order chi connectivity index (χ1) is 61.0. The number of carboxylic acid groups (broad SMARTS) is 7. The van der Waals surface area contributed by atoms with E-state index in [9.17, 15) is 136 Å². The number of carboxylic acids is 7. The van der Waals surface area contributed by atoms with Gasteiger partial charge in [0.25, 0.3) is 0 Å². The average molecular weight is 1860 g/mol. The molecular weight excluding hydrogens is 1720 g/mol. The van der Waals surface area contributed by atoms with Crippen molar-refractivity contribution in [2.75, 3.05) is 26.2 Å². The molecule has 0 radical (unpaired) electrons. The van der Waals surface area contributed by atoms with Crippen molar-refractivity contribution in [3.8, 4) is 0 Å². The Bertz CT molecular complexity index is 3850. The number of amides is 15. The Labute approximate surface area is 750 Å². The Morgan fingerprint density at radius 2 is 0.538 bits per heavy atom. The zero-order chi connectivity index (χ0) is 99.2. The number of nitrogens with two attached hydrogens (primary N) is 7. The van der Waals surface area contributed by atoms with Crippen LogP contribution in [0.3, 0.4) is 0 Å². The first-order valence-corrected chi connectivity index (χ1v) is 43.0. The van der Waals surface area contributed by atoms with E-state index in [0.717, 1.165) is 6.92 Å². The fourth-order valence-electron chi connectivity index (χ4n) is 12.6. The highest BCUT2D eigenvalue weighted by Gasteiger charge is 2.41. The van der Waals surface area contributed by atoms with Gasteiger partial charge in [0.05, 0.1) is 12.5 Å². The maximum absolute atomic E-state index is 14.7. The van der Waals surface area contributed by atoms with E-state index in [1.807, 2.05) is 0 Å². The largest absolute Gasteiger partial charge is 0.481 e. The van der Waals surface area contributed by atoms with Gasteiger partial charge in [-0.3, -0.25) is 106 Å². The quantitative estimate of drug-likeness (QED) is 0.0153. The van der Waals surface area contributed by atoms with E-state index in [1.54, 1.807) is 41.5 Å². The number of hydrogen-bond acceptors (Lipinski definition) is 27. The second kappa shape index (κ2) is 63.4. The van der Waals surface area contributed by atoms with Gasteiger partial charge in [-0.2, -0.15) is 0 Å². The Kier molecular flexibility index (Phi) is 57.3. The van der Waals surface area contributed by atoms with Gasteiger partial charge in [-0.1, -0.05) is 60.8 Å². The summed E-state index contributed by atoms with van der Waals surface area (Å²) < 4.78 is 0. The summed E-state index contributed by atoms with van der Waals surface area (Å²) in [6.07, 6.45) is -8.61. The Morgan fingerprint density at radius 3 is 0.846 bits per heavy atom. The molecule has 0 unspecified atom stereocenters. The number of primary amides is 1. The highest BCUT2D eigenvalue weighted by atomic mass is 16.4. The second-order valence-electron chi connectivity index (χ2n) is 31.8. The van der Waals surface area contributed by atoms with E-state index in [0.29, 0.717) is 12.8 Å². The lowest BCUT2D eigenvalue weighted by atomic mass is 9.94. The highest BCUT2D eigenvalue weighted by molar-refractivity contribution is 6.01. The lowest BCUT2D eigenvalue weighted by Crippen LogP contribution is -2.62. The van der Waals surface area contributed by atoms with Crippen LogP contribution in [0, 0.1) is 17.8 Å². The van der Waals surface area contributed by atoms with Crippen molar-refractivity contribution < 1.29 is 141 Å². The summed E-state index contributed by atoms with van der Waals surface area (Å²) in [4.78, 5) is 298. The van der Waals surface area contributed by atoms with Gasteiger partial charge in [0.2, 0.25) is 88.6 Å². The van der Waals surface area contributed by atoms with Gasteiger partial charge in [0, 0.05) is 45.1 Å². The van der Waals surface area contributed by atoms with Crippen molar-refractivity contribution in [1.82, 2.24) is 74.4 Å². The number of rotatable bonds is 71. The third kappa shape index (κ3) is 49.1. The van der Waals surface area contributed by atoms with Crippen LogP contribution in [0.5, 0.6) is 0 Å². The molecule has 0 aliphatic carbocycles. The summed E-state index contributed by atoms with van der Waals surface area (Å²) in [6.45, 7) is 11.0. The normalized spacial score (nSPS) is 15.0. The second-order valence-corrected chi connectivity index (χ2v) is 31.8. The zero-order valence-corrected chi connectivity index (χ0v) is 74.4. The molecule has 51 nitrogen and oxygen atoms in total. The molecule has 0 bridgehead atoms. The molecule has 17 atom stereocenters. The molecule has 0 spiro atoms. The van der Waals surface area contributed by atoms with Crippen molar-refractivity contribution in [3.63, 3.8) is 0 Å². The number of guanidine groups is 1. The predicted octanol–water partition coefficient (Wildman–Crippen LogP) is -7.15. The van der Waals surface area contributed by atoms with Crippen LogP contribution >= 0.6 is 0 Å². The van der Waals surface area contributed by atoms with Crippen molar-refractivity contribution in [3.05, 3.63) is 0 Å². The molecule has 130 heavy (non-hydrogen) atoms. The van der Waals surface area contributed by atoms with Crippen molar-refractivity contribution in [1.29, 1.82) is 0 Å². The first kappa shape index (κ1) is 117. The summed E-state index contributed by atoms with van der Waals surface area (Å²) in [7, 11) is 0. The van der Waals surface area contributed by atoms with Gasteiger partial charge >= 0.3 is 41.8 Å². The molecular formula is C79H136N22O29. The molecule has 0 aromatic heterocycles. The Hall–Kier alpha value is -12.5. The molecule has 0 saturated heterocycles. The van der Waals surface area contributed by atoms with Crippen molar-refractivity contribution in [2.24, 2.45) is 62.9 Å². The minimum absolute atomic E-state index is 0.0701. The highest BCUT2D eigenvalue weighted by Crippen LogP contribution is 2.18. The van der Waals surface area contributed by atoms with E-state index < -0.39 is 335 Å². The molecule has 0 aliphatic rings. The summed E-state index contributed by atoms with van der Waals surface area (Å²) in [6, 6.07) is -25.4. The lowest BCUT2D eigenvalue weighted by molar-refractivity contribution is -0.144. The summed E-state index contributed by atoms with van der Waals surface area (Å²) in [5.41, 5.74) is 39.5. The molecule has 0 heterocycles. The minimum atomic E-state index is -1.96. The molecule has 15 amide bonds. The maximum Gasteiger partial charge on any atom is 0.326 e. The Balaban J connectivity index is 7.44. The van der Waals surface area contributed by atoms with Crippen molar-refractivity contribution in [2.45, 2.75) is 312 Å². The van der Waals surface area contributed by atoms with E-state index in [-0.39, 0.29) is 96.8 Å². The number of aliphatic carboxylic acids is 7. The number of unbranched alkanes of at least 4 members (excludes halogenated alkanes) is 3. The summed E-state index contributed by atoms with van der Waals surface area (Å²) in [5.74, 6) is -29.9. The fraction of sp³-hybridized carbons (Fsp3) is 0.709. The third-order valence-corrected chi connectivity index (χ3v) is 20.4. The molecule has 51 heteroatoms. The summed E-state index contributed by atoms with van der Waals surface area (Å²) >= 11 is 0. The van der Waals surface area contributed by atoms with Gasteiger partial charge in [0.15, 0.2) is 5.96 Å². The van der Waals surface area contributed by atoms with Gasteiger partial charge in [0.1, 0.15) is 84.6 Å².